The van der Waals surface area contributed by atoms with Crippen LogP contribution in [-0.2, 0) is 10.0 Å². The lowest BCUT2D eigenvalue weighted by atomic mass is 9.86. The summed E-state index contributed by atoms with van der Waals surface area (Å²) < 4.78 is 28.3. The highest BCUT2D eigenvalue weighted by Crippen LogP contribution is 2.31. The van der Waals surface area contributed by atoms with Crippen LogP contribution >= 0.6 is 11.3 Å². The van der Waals surface area contributed by atoms with Crippen LogP contribution in [0.4, 0.5) is 0 Å². The maximum Gasteiger partial charge on any atom is 0.261 e. The number of carbonyl (C=O) groups is 1. The second-order valence-corrected chi connectivity index (χ2v) is 9.58. The van der Waals surface area contributed by atoms with E-state index in [0.29, 0.717) is 11.3 Å². The Morgan fingerprint density at radius 3 is 2.64 bits per heavy atom. The van der Waals surface area contributed by atoms with E-state index in [1.165, 1.54) is 18.5 Å². The number of thiophene rings is 1. The number of rotatable bonds is 6. The van der Waals surface area contributed by atoms with Crippen LogP contribution in [0.25, 0.3) is 0 Å². The molecule has 1 atom stereocenters. The summed E-state index contributed by atoms with van der Waals surface area (Å²) in [5.41, 5.74) is 0.730. The van der Waals surface area contributed by atoms with Crippen molar-refractivity contribution in [1.82, 2.24) is 15.0 Å². The van der Waals surface area contributed by atoms with Crippen LogP contribution in [0, 0.1) is 5.41 Å². The number of aromatic nitrogens is 1. The van der Waals surface area contributed by atoms with Crippen LogP contribution in [0.5, 0.6) is 0 Å². The molecular weight excluding hydrogens is 358 g/mol. The molecule has 0 aliphatic carbocycles. The van der Waals surface area contributed by atoms with E-state index in [2.05, 4.69) is 35.8 Å². The number of hydrogen-bond donors (Lipinski definition) is 2. The zero-order valence-corrected chi connectivity index (χ0v) is 16.4. The fourth-order valence-electron chi connectivity index (χ4n) is 2.38. The first-order valence-electron chi connectivity index (χ1n) is 7.85. The SMILES string of the molecule is CNC(=O)c1cc(S(=O)(=O)NC(CC(C)(C)C)c2cccnc2)cs1. The number of amides is 1. The first kappa shape index (κ1) is 19.6. The van der Waals surface area contributed by atoms with Gasteiger partial charge in [0.1, 0.15) is 0 Å². The summed E-state index contributed by atoms with van der Waals surface area (Å²) in [7, 11) is -2.24. The monoisotopic (exact) mass is 381 g/mol. The maximum absolute atomic E-state index is 12.8. The van der Waals surface area contributed by atoms with Crippen LogP contribution in [0.3, 0.4) is 0 Å². The van der Waals surface area contributed by atoms with Gasteiger partial charge in [-0.2, -0.15) is 0 Å². The van der Waals surface area contributed by atoms with Gasteiger partial charge in [-0.1, -0.05) is 26.8 Å². The summed E-state index contributed by atoms with van der Waals surface area (Å²) >= 11 is 1.10. The molecule has 0 aliphatic heterocycles. The Hall–Kier alpha value is -1.77. The zero-order valence-electron chi connectivity index (χ0n) is 14.7. The topological polar surface area (TPSA) is 88.2 Å². The Bertz CT molecular complexity index is 824. The van der Waals surface area contributed by atoms with Gasteiger partial charge in [-0.05, 0) is 29.5 Å². The first-order valence-corrected chi connectivity index (χ1v) is 10.2. The molecule has 0 saturated carbocycles. The van der Waals surface area contributed by atoms with Gasteiger partial charge in [0.2, 0.25) is 10.0 Å². The minimum Gasteiger partial charge on any atom is -0.354 e. The highest BCUT2D eigenvalue weighted by Gasteiger charge is 2.27. The Morgan fingerprint density at radius 1 is 1.36 bits per heavy atom. The molecule has 8 heteroatoms. The van der Waals surface area contributed by atoms with E-state index in [-0.39, 0.29) is 16.2 Å². The highest BCUT2D eigenvalue weighted by atomic mass is 32.2. The minimum atomic E-state index is -3.75. The van der Waals surface area contributed by atoms with Crippen molar-refractivity contribution in [2.45, 2.75) is 38.1 Å². The van der Waals surface area contributed by atoms with Crippen molar-refractivity contribution < 1.29 is 13.2 Å². The molecular formula is C17H23N3O3S2. The number of nitrogens with zero attached hydrogens (tertiary/aromatic N) is 1. The second-order valence-electron chi connectivity index (χ2n) is 6.95. The first-order chi connectivity index (χ1) is 11.6. The molecule has 0 bridgehead atoms. The normalized spacial score (nSPS) is 13.4. The van der Waals surface area contributed by atoms with Crippen LogP contribution in [0.2, 0.25) is 0 Å². The van der Waals surface area contributed by atoms with Crippen LogP contribution in [0.1, 0.15) is 48.5 Å². The Kier molecular flexibility index (Phi) is 5.97. The highest BCUT2D eigenvalue weighted by molar-refractivity contribution is 7.89. The van der Waals surface area contributed by atoms with Crippen molar-refractivity contribution in [3.63, 3.8) is 0 Å². The number of pyridine rings is 1. The van der Waals surface area contributed by atoms with Crippen molar-refractivity contribution in [2.24, 2.45) is 5.41 Å². The van der Waals surface area contributed by atoms with Gasteiger partial charge >= 0.3 is 0 Å². The van der Waals surface area contributed by atoms with Gasteiger partial charge in [0.05, 0.1) is 9.77 Å². The fourth-order valence-corrected chi connectivity index (χ4v) is 4.82. The lowest BCUT2D eigenvalue weighted by molar-refractivity contribution is 0.0967. The standard InChI is InChI=1S/C17H23N3O3S2/c1-17(2,3)9-14(12-6-5-7-19-10-12)20-25(22,23)13-8-15(24-11-13)16(21)18-4/h5-8,10-11,14,20H,9H2,1-4H3,(H,18,21). The molecule has 1 unspecified atom stereocenters. The summed E-state index contributed by atoms with van der Waals surface area (Å²) in [5, 5.41) is 3.97. The Morgan fingerprint density at radius 2 is 2.08 bits per heavy atom. The predicted molar refractivity (Wildman–Crippen MR) is 99.1 cm³/mol. The second kappa shape index (κ2) is 7.63. The van der Waals surface area contributed by atoms with Crippen molar-refractivity contribution in [2.75, 3.05) is 7.05 Å². The van der Waals surface area contributed by atoms with Crippen LogP contribution < -0.4 is 10.0 Å². The smallest absolute Gasteiger partial charge is 0.261 e. The van der Waals surface area contributed by atoms with Crippen molar-refractivity contribution in [3.8, 4) is 0 Å². The van der Waals surface area contributed by atoms with Gasteiger partial charge in [0.25, 0.3) is 5.91 Å². The molecule has 25 heavy (non-hydrogen) atoms. The molecule has 0 fully saturated rings. The fraction of sp³-hybridized carbons (Fsp3) is 0.412. The molecule has 0 spiro atoms. The van der Waals surface area contributed by atoms with Gasteiger partial charge in [0.15, 0.2) is 0 Å². The van der Waals surface area contributed by atoms with Gasteiger partial charge < -0.3 is 5.32 Å². The van der Waals surface area contributed by atoms with E-state index >= 15 is 0 Å². The van der Waals surface area contributed by atoms with Gasteiger partial charge in [-0.3, -0.25) is 9.78 Å². The number of sulfonamides is 1. The van der Waals surface area contributed by atoms with Crippen molar-refractivity contribution in [3.05, 3.63) is 46.4 Å². The molecule has 0 aliphatic rings. The van der Waals surface area contributed by atoms with Crippen LogP contribution in [-0.4, -0.2) is 26.4 Å². The van der Waals surface area contributed by atoms with E-state index in [0.717, 1.165) is 16.9 Å². The third-order valence-corrected chi connectivity index (χ3v) is 6.07. The summed E-state index contributed by atoms with van der Waals surface area (Å²) in [6, 6.07) is 4.63. The van der Waals surface area contributed by atoms with Crippen molar-refractivity contribution >= 4 is 27.3 Å². The van der Waals surface area contributed by atoms with E-state index in [1.54, 1.807) is 18.5 Å². The summed E-state index contributed by atoms with van der Waals surface area (Å²) in [6.07, 6.45) is 3.94. The summed E-state index contributed by atoms with van der Waals surface area (Å²) in [6.45, 7) is 6.16. The van der Waals surface area contributed by atoms with E-state index in [4.69, 9.17) is 0 Å². The quantitative estimate of drug-likeness (QED) is 0.805. The molecule has 2 N–H and O–H groups in total. The molecule has 2 heterocycles. The van der Waals surface area contributed by atoms with Crippen LogP contribution in [0.15, 0.2) is 40.9 Å². The lowest BCUT2D eigenvalue weighted by Crippen LogP contribution is -2.31. The maximum atomic E-state index is 12.8. The molecule has 2 rings (SSSR count). The third-order valence-electron chi connectivity index (χ3n) is 3.54. The van der Waals surface area contributed by atoms with Gasteiger partial charge in [-0.15, -0.1) is 11.3 Å². The molecule has 2 aromatic rings. The molecule has 0 aromatic carbocycles. The summed E-state index contributed by atoms with van der Waals surface area (Å²) in [4.78, 5) is 16.2. The predicted octanol–water partition coefficient (Wildman–Crippen LogP) is 2.96. The van der Waals surface area contributed by atoms with E-state index in [1.807, 2.05) is 6.07 Å². The molecule has 136 valence electrons. The minimum absolute atomic E-state index is 0.0784. The largest absolute Gasteiger partial charge is 0.354 e. The van der Waals surface area contributed by atoms with Gasteiger partial charge in [-0.25, -0.2) is 13.1 Å². The number of hydrogen-bond acceptors (Lipinski definition) is 5. The average molecular weight is 382 g/mol. The lowest BCUT2D eigenvalue weighted by Gasteiger charge is -2.26. The van der Waals surface area contributed by atoms with E-state index in [9.17, 15) is 13.2 Å². The molecule has 0 saturated heterocycles. The molecule has 1 amide bonds. The zero-order chi connectivity index (χ0) is 18.7. The number of carbonyl (C=O) groups excluding carboxylic acids is 1. The molecule has 6 nitrogen and oxygen atoms in total. The summed E-state index contributed by atoms with van der Waals surface area (Å²) in [5.74, 6) is -0.301. The van der Waals surface area contributed by atoms with E-state index < -0.39 is 16.1 Å². The van der Waals surface area contributed by atoms with Gasteiger partial charge in [0, 0.05) is 30.9 Å². The number of nitrogens with one attached hydrogen (secondary N) is 2. The van der Waals surface area contributed by atoms with Crippen molar-refractivity contribution in [1.29, 1.82) is 0 Å². The molecule has 2 aromatic heterocycles. The Balaban J connectivity index is 2.30. The third kappa shape index (κ3) is 5.35. The molecule has 0 radical (unpaired) electrons. The average Bonchev–Trinajstić information content (AvgIpc) is 3.04. The Labute approximate surface area is 152 Å².